The number of rotatable bonds is 7. The summed E-state index contributed by atoms with van der Waals surface area (Å²) in [5.74, 6) is -0.200. The fourth-order valence-electron chi connectivity index (χ4n) is 5.57. The van der Waals surface area contributed by atoms with Gasteiger partial charge < -0.3 is 30.1 Å². The first kappa shape index (κ1) is 30.0. The lowest BCUT2D eigenvalue weighted by Gasteiger charge is -2.27. The van der Waals surface area contributed by atoms with Gasteiger partial charge in [-0.15, -0.1) is 0 Å². The minimum Gasteiger partial charge on any atom is -0.497 e. The van der Waals surface area contributed by atoms with Gasteiger partial charge in [0.05, 0.1) is 24.9 Å². The zero-order valence-corrected chi connectivity index (χ0v) is 24.5. The number of benzene rings is 3. The second-order valence-electron chi connectivity index (χ2n) is 10.8. The fraction of sp³-hybridized carbons (Fsp3) is 0.364. The van der Waals surface area contributed by atoms with E-state index >= 15 is 0 Å². The summed E-state index contributed by atoms with van der Waals surface area (Å²) in [6.45, 7) is 5.07. The van der Waals surface area contributed by atoms with Crippen molar-refractivity contribution >= 4 is 29.1 Å². The van der Waals surface area contributed by atoms with Crippen LogP contribution in [0.1, 0.15) is 39.1 Å². The van der Waals surface area contributed by atoms with E-state index in [-0.39, 0.29) is 24.1 Å². The van der Waals surface area contributed by atoms with Crippen LogP contribution in [-0.4, -0.2) is 87.0 Å². The van der Waals surface area contributed by atoms with Gasteiger partial charge in [-0.25, -0.2) is 4.39 Å². The molecular weight excluding hydrogens is 549 g/mol. The highest BCUT2D eigenvalue weighted by molar-refractivity contribution is 6.00. The molecule has 0 atom stereocenters. The molecule has 3 aromatic carbocycles. The largest absolute Gasteiger partial charge is 0.497 e. The maximum absolute atomic E-state index is 13.8. The highest BCUT2D eigenvalue weighted by Crippen LogP contribution is 2.30. The molecule has 0 bridgehead atoms. The van der Waals surface area contributed by atoms with Crippen LogP contribution in [-0.2, 0) is 11.2 Å². The van der Waals surface area contributed by atoms with E-state index in [9.17, 15) is 18.8 Å². The van der Waals surface area contributed by atoms with Gasteiger partial charge >= 0.3 is 0 Å². The molecule has 0 saturated carbocycles. The number of carbonyl (C=O) groups is 3. The monoisotopic (exact) mass is 587 g/mol. The van der Waals surface area contributed by atoms with Crippen LogP contribution in [0.25, 0.3) is 0 Å². The normalized spacial score (nSPS) is 15.8. The van der Waals surface area contributed by atoms with Crippen LogP contribution in [0.4, 0.5) is 15.8 Å². The molecule has 226 valence electrons. The van der Waals surface area contributed by atoms with Gasteiger partial charge in [-0.3, -0.25) is 14.4 Å². The van der Waals surface area contributed by atoms with Crippen LogP contribution in [0, 0.1) is 5.82 Å². The lowest BCUT2D eigenvalue weighted by atomic mass is 10.1. The molecular formula is C33H38FN5O4. The van der Waals surface area contributed by atoms with Crippen molar-refractivity contribution < 1.29 is 23.5 Å². The third kappa shape index (κ3) is 7.70. The maximum Gasteiger partial charge on any atom is 0.254 e. The first-order valence-electron chi connectivity index (χ1n) is 14.8. The van der Waals surface area contributed by atoms with Crippen molar-refractivity contribution in [3.63, 3.8) is 0 Å². The minimum atomic E-state index is -0.441. The van der Waals surface area contributed by atoms with E-state index in [0.717, 1.165) is 30.8 Å². The second-order valence-corrected chi connectivity index (χ2v) is 10.8. The molecule has 2 saturated heterocycles. The quantitative estimate of drug-likeness (QED) is 0.437. The van der Waals surface area contributed by atoms with Crippen molar-refractivity contribution in [3.8, 4) is 5.75 Å². The van der Waals surface area contributed by atoms with Crippen molar-refractivity contribution in [3.05, 3.63) is 89.2 Å². The molecule has 3 amide bonds. The van der Waals surface area contributed by atoms with Gasteiger partial charge in [-0.05, 0) is 73.5 Å². The number of amides is 3. The van der Waals surface area contributed by atoms with E-state index in [1.165, 1.54) is 12.1 Å². The molecule has 2 fully saturated rings. The second kappa shape index (κ2) is 14.2. The minimum absolute atomic E-state index is 0.0661. The molecule has 43 heavy (non-hydrogen) atoms. The number of nitrogens with zero attached hydrogens (tertiary/aromatic N) is 3. The van der Waals surface area contributed by atoms with Crippen molar-refractivity contribution in [2.45, 2.75) is 19.3 Å². The summed E-state index contributed by atoms with van der Waals surface area (Å²) in [7, 11) is 1.60. The molecule has 0 radical (unpaired) electrons. The van der Waals surface area contributed by atoms with E-state index in [0.29, 0.717) is 68.3 Å². The first-order valence-corrected chi connectivity index (χ1v) is 14.8. The standard InChI is InChI=1S/C33H38FN5O4/c1-43-28-10-7-24(8-11-28)21-31(40)36-29-23-26(33(42)38-15-3-13-35-14-18-38)9-12-30(29)37-16-4-17-39(20-19-37)32(41)25-5-2-6-27(34)22-25/h2,5-12,22-23,35H,3-4,13-21H2,1H3,(H,36,40). The van der Waals surface area contributed by atoms with Crippen molar-refractivity contribution in [1.82, 2.24) is 15.1 Å². The Morgan fingerprint density at radius 2 is 1.56 bits per heavy atom. The smallest absolute Gasteiger partial charge is 0.254 e. The molecule has 0 aliphatic carbocycles. The molecule has 0 spiro atoms. The predicted molar refractivity (Wildman–Crippen MR) is 164 cm³/mol. The Labute approximate surface area is 251 Å². The van der Waals surface area contributed by atoms with Gasteiger partial charge in [0, 0.05) is 56.9 Å². The number of anilines is 2. The molecule has 0 unspecified atom stereocenters. The molecule has 2 aliphatic rings. The van der Waals surface area contributed by atoms with E-state index in [1.807, 2.05) is 41.3 Å². The van der Waals surface area contributed by atoms with Gasteiger partial charge in [-0.1, -0.05) is 18.2 Å². The Kier molecular flexibility index (Phi) is 9.88. The average molecular weight is 588 g/mol. The molecule has 3 aromatic rings. The molecule has 0 aromatic heterocycles. The Bertz CT molecular complexity index is 1440. The Morgan fingerprint density at radius 3 is 2.33 bits per heavy atom. The highest BCUT2D eigenvalue weighted by Gasteiger charge is 2.24. The maximum atomic E-state index is 13.8. The Balaban J connectivity index is 1.36. The average Bonchev–Trinajstić information content (AvgIpc) is 3.45. The summed E-state index contributed by atoms with van der Waals surface area (Å²) in [6.07, 6.45) is 1.74. The van der Waals surface area contributed by atoms with Crippen LogP contribution in [0.5, 0.6) is 5.75 Å². The summed E-state index contributed by atoms with van der Waals surface area (Å²) in [5, 5.41) is 6.39. The summed E-state index contributed by atoms with van der Waals surface area (Å²) >= 11 is 0. The Hall–Kier alpha value is -4.44. The number of hydrogen-bond acceptors (Lipinski definition) is 6. The van der Waals surface area contributed by atoms with Crippen molar-refractivity contribution in [2.24, 2.45) is 0 Å². The van der Waals surface area contributed by atoms with Gasteiger partial charge in [-0.2, -0.15) is 0 Å². The molecule has 2 heterocycles. The molecule has 10 heteroatoms. The summed E-state index contributed by atoms with van der Waals surface area (Å²) in [6, 6.07) is 18.6. The van der Waals surface area contributed by atoms with E-state index in [1.54, 1.807) is 30.2 Å². The van der Waals surface area contributed by atoms with E-state index in [4.69, 9.17) is 4.74 Å². The van der Waals surface area contributed by atoms with Crippen molar-refractivity contribution in [2.75, 3.05) is 69.7 Å². The van der Waals surface area contributed by atoms with Crippen LogP contribution in [0.3, 0.4) is 0 Å². The number of carbonyl (C=O) groups excluding carboxylic acids is 3. The summed E-state index contributed by atoms with van der Waals surface area (Å²) < 4.78 is 19.0. The zero-order valence-electron chi connectivity index (χ0n) is 24.5. The van der Waals surface area contributed by atoms with Gasteiger partial charge in [0.15, 0.2) is 0 Å². The topological polar surface area (TPSA) is 94.2 Å². The number of nitrogens with one attached hydrogen (secondary N) is 2. The lowest BCUT2D eigenvalue weighted by molar-refractivity contribution is -0.115. The zero-order chi connectivity index (χ0) is 30.2. The van der Waals surface area contributed by atoms with E-state index in [2.05, 4.69) is 15.5 Å². The van der Waals surface area contributed by atoms with Gasteiger partial charge in [0.25, 0.3) is 11.8 Å². The number of ether oxygens (including phenoxy) is 1. The Morgan fingerprint density at radius 1 is 0.814 bits per heavy atom. The SMILES string of the molecule is COc1ccc(CC(=O)Nc2cc(C(=O)N3CCCNCC3)ccc2N2CCCN(C(=O)c3cccc(F)c3)CC2)cc1. The van der Waals surface area contributed by atoms with Gasteiger partial charge in [0.2, 0.25) is 5.91 Å². The first-order chi connectivity index (χ1) is 20.9. The van der Waals surface area contributed by atoms with Crippen LogP contribution < -0.4 is 20.3 Å². The van der Waals surface area contributed by atoms with Gasteiger partial charge in [0.1, 0.15) is 11.6 Å². The molecule has 9 nitrogen and oxygen atoms in total. The molecule has 2 N–H and O–H groups in total. The van der Waals surface area contributed by atoms with Crippen LogP contribution in [0.2, 0.25) is 0 Å². The number of methoxy groups -OCH3 is 1. The predicted octanol–water partition coefficient (Wildman–Crippen LogP) is 3.80. The third-order valence-electron chi connectivity index (χ3n) is 7.86. The fourth-order valence-corrected chi connectivity index (χ4v) is 5.57. The van der Waals surface area contributed by atoms with E-state index < -0.39 is 5.82 Å². The highest BCUT2D eigenvalue weighted by atomic mass is 19.1. The van der Waals surface area contributed by atoms with Crippen molar-refractivity contribution in [1.29, 1.82) is 0 Å². The summed E-state index contributed by atoms with van der Waals surface area (Å²) in [4.78, 5) is 45.5. The lowest BCUT2D eigenvalue weighted by Crippen LogP contribution is -2.36. The number of halogens is 1. The number of hydrogen-bond donors (Lipinski definition) is 2. The molecule has 2 aliphatic heterocycles. The summed E-state index contributed by atoms with van der Waals surface area (Å²) in [5.41, 5.74) is 3.03. The third-order valence-corrected chi connectivity index (χ3v) is 7.86. The molecule has 5 rings (SSSR count). The van der Waals surface area contributed by atoms with Crippen LogP contribution >= 0.6 is 0 Å². The van der Waals surface area contributed by atoms with Crippen LogP contribution in [0.15, 0.2) is 66.7 Å².